The van der Waals surface area contributed by atoms with Gasteiger partial charge >= 0.3 is 6.09 Å². The van der Waals surface area contributed by atoms with Crippen LogP contribution < -0.4 is 14.8 Å². The lowest BCUT2D eigenvalue weighted by molar-refractivity contribution is -0.0907. The number of alkyl carbamates (subject to hydrolysis) is 1. The van der Waals surface area contributed by atoms with Gasteiger partial charge in [0, 0.05) is 13.1 Å². The van der Waals surface area contributed by atoms with Crippen LogP contribution in [0.25, 0.3) is 0 Å². The third-order valence-electron chi connectivity index (χ3n) is 8.30. The zero-order valence-corrected chi connectivity index (χ0v) is 27.8. The van der Waals surface area contributed by atoms with Gasteiger partial charge in [0.15, 0.2) is 6.29 Å². The number of hydrogen-bond donors (Lipinski definition) is 2. The van der Waals surface area contributed by atoms with Gasteiger partial charge in [-0.15, -0.1) is 0 Å². The van der Waals surface area contributed by atoms with E-state index >= 15 is 0 Å². The number of fused-ring (bicyclic) bond motifs is 1. The van der Waals surface area contributed by atoms with Crippen molar-refractivity contribution in [2.45, 2.75) is 62.7 Å². The Kier molecular flexibility index (Phi) is 11.8. The van der Waals surface area contributed by atoms with Crippen molar-refractivity contribution in [3.8, 4) is 11.5 Å². The van der Waals surface area contributed by atoms with E-state index < -0.39 is 34.4 Å². The highest BCUT2D eigenvalue weighted by Crippen LogP contribution is 2.33. The van der Waals surface area contributed by atoms with E-state index in [0.29, 0.717) is 24.7 Å². The zero-order valence-electron chi connectivity index (χ0n) is 27.0. The number of rotatable bonds is 15. The van der Waals surface area contributed by atoms with Gasteiger partial charge in [-0.1, -0.05) is 56.3 Å². The van der Waals surface area contributed by atoms with Crippen LogP contribution in [-0.4, -0.2) is 81.9 Å². The second-order valence-corrected chi connectivity index (χ2v) is 14.2. The fraction of sp³-hybridized carbons (Fsp3) is 0.457. The molecule has 2 fully saturated rings. The van der Waals surface area contributed by atoms with Crippen molar-refractivity contribution in [1.82, 2.24) is 9.62 Å². The molecule has 47 heavy (non-hydrogen) atoms. The summed E-state index contributed by atoms with van der Waals surface area (Å²) >= 11 is 0. The van der Waals surface area contributed by atoms with Gasteiger partial charge in [-0.25, -0.2) is 13.2 Å². The summed E-state index contributed by atoms with van der Waals surface area (Å²) in [6, 6.07) is 22.4. The maximum absolute atomic E-state index is 13.8. The average Bonchev–Trinajstić information content (AvgIpc) is 3.69. The Bertz CT molecular complexity index is 1540. The van der Waals surface area contributed by atoms with Crippen molar-refractivity contribution in [2.24, 2.45) is 11.8 Å². The Morgan fingerprint density at radius 2 is 1.66 bits per heavy atom. The van der Waals surface area contributed by atoms with Crippen LogP contribution >= 0.6 is 0 Å². The molecule has 2 saturated heterocycles. The topological polar surface area (TPSA) is 133 Å². The van der Waals surface area contributed by atoms with Gasteiger partial charge in [-0.2, -0.15) is 4.31 Å². The van der Waals surface area contributed by atoms with Crippen LogP contribution in [0.3, 0.4) is 0 Å². The predicted molar refractivity (Wildman–Crippen MR) is 175 cm³/mol. The first-order chi connectivity index (χ1) is 22.6. The summed E-state index contributed by atoms with van der Waals surface area (Å²) in [7, 11) is -2.48. The number of sulfonamides is 1. The van der Waals surface area contributed by atoms with Crippen molar-refractivity contribution in [2.75, 3.05) is 33.4 Å². The number of ether oxygens (including phenoxy) is 5. The largest absolute Gasteiger partial charge is 0.497 e. The highest BCUT2D eigenvalue weighted by atomic mass is 32.2. The van der Waals surface area contributed by atoms with E-state index in [9.17, 15) is 18.3 Å². The number of carbonyl (C=O) groups is 1. The summed E-state index contributed by atoms with van der Waals surface area (Å²) in [5.41, 5.74) is 1.85. The molecule has 1 unspecified atom stereocenters. The van der Waals surface area contributed by atoms with E-state index in [2.05, 4.69) is 5.32 Å². The lowest BCUT2D eigenvalue weighted by Crippen LogP contribution is -2.51. The molecule has 3 aromatic rings. The van der Waals surface area contributed by atoms with Gasteiger partial charge < -0.3 is 34.1 Å². The molecule has 5 atom stereocenters. The van der Waals surface area contributed by atoms with Gasteiger partial charge in [0.25, 0.3) is 0 Å². The number of carbonyl (C=O) groups excluding carboxylic acids is 1. The monoisotopic (exact) mass is 668 g/mol. The van der Waals surface area contributed by atoms with Crippen LogP contribution in [0.4, 0.5) is 4.79 Å². The molecular weight excluding hydrogens is 624 g/mol. The number of aliphatic hydroxyl groups excluding tert-OH is 1. The average molecular weight is 669 g/mol. The molecule has 0 spiro atoms. The van der Waals surface area contributed by atoms with Gasteiger partial charge in [0.05, 0.1) is 43.3 Å². The van der Waals surface area contributed by atoms with Crippen molar-refractivity contribution in [3.05, 3.63) is 90.0 Å². The maximum Gasteiger partial charge on any atom is 0.407 e. The van der Waals surface area contributed by atoms with Crippen LogP contribution in [0.2, 0.25) is 0 Å². The molecule has 2 heterocycles. The molecule has 3 aromatic carbocycles. The Morgan fingerprint density at radius 3 is 2.34 bits per heavy atom. The summed E-state index contributed by atoms with van der Waals surface area (Å²) in [4.78, 5) is 13.3. The van der Waals surface area contributed by atoms with Crippen LogP contribution in [0, 0.1) is 11.8 Å². The van der Waals surface area contributed by atoms with E-state index in [-0.39, 0.29) is 49.1 Å². The minimum absolute atomic E-state index is 0.0287. The molecule has 2 aliphatic rings. The van der Waals surface area contributed by atoms with E-state index in [0.717, 1.165) is 17.5 Å². The van der Waals surface area contributed by atoms with E-state index in [1.165, 1.54) is 23.5 Å². The molecule has 0 aromatic heterocycles. The third-order valence-corrected chi connectivity index (χ3v) is 10.1. The summed E-state index contributed by atoms with van der Waals surface area (Å²) < 4.78 is 56.8. The van der Waals surface area contributed by atoms with Crippen molar-refractivity contribution in [3.63, 3.8) is 0 Å². The van der Waals surface area contributed by atoms with E-state index in [1.807, 2.05) is 68.4 Å². The van der Waals surface area contributed by atoms with Crippen LogP contribution in [0.5, 0.6) is 11.5 Å². The lowest BCUT2D eigenvalue weighted by Gasteiger charge is -2.31. The SMILES string of the molecule is COc1ccc(S(=O)(=O)N(CC(C)C)C[C@@H](O)C(Cc2ccc(OCc3ccccc3)cc2)NC(=O)O[C@H]2CO[C@H]3OCC[C@H]32)cc1. The molecule has 1 amide bonds. The van der Waals surface area contributed by atoms with Gasteiger partial charge in [-0.3, -0.25) is 0 Å². The van der Waals surface area contributed by atoms with Gasteiger partial charge in [0.1, 0.15) is 24.2 Å². The summed E-state index contributed by atoms with van der Waals surface area (Å²) in [5, 5.41) is 14.4. The number of benzene rings is 3. The molecule has 2 N–H and O–H groups in total. The molecule has 0 aliphatic carbocycles. The Morgan fingerprint density at radius 1 is 0.957 bits per heavy atom. The zero-order chi connectivity index (χ0) is 33.4. The number of aliphatic hydroxyl groups is 1. The third kappa shape index (κ3) is 9.23. The van der Waals surface area contributed by atoms with Crippen LogP contribution in [-0.2, 0) is 37.3 Å². The van der Waals surface area contributed by atoms with Crippen molar-refractivity contribution in [1.29, 1.82) is 0 Å². The fourth-order valence-corrected chi connectivity index (χ4v) is 7.40. The molecule has 254 valence electrons. The second kappa shape index (κ2) is 15.9. The molecular formula is C35H44N2O9S. The van der Waals surface area contributed by atoms with Gasteiger partial charge in [-0.05, 0) is 66.3 Å². The molecule has 2 aliphatic heterocycles. The first-order valence-electron chi connectivity index (χ1n) is 15.9. The molecule has 0 saturated carbocycles. The van der Waals surface area contributed by atoms with Gasteiger partial charge in [0.2, 0.25) is 10.0 Å². The van der Waals surface area contributed by atoms with E-state index in [1.54, 1.807) is 12.1 Å². The van der Waals surface area contributed by atoms with E-state index in [4.69, 9.17) is 23.7 Å². The van der Waals surface area contributed by atoms with Crippen molar-refractivity contribution >= 4 is 16.1 Å². The summed E-state index contributed by atoms with van der Waals surface area (Å²) in [6.45, 7) is 4.91. The number of amides is 1. The Balaban J connectivity index is 1.31. The molecule has 0 bridgehead atoms. The first-order valence-corrected chi connectivity index (χ1v) is 17.3. The fourth-order valence-electron chi connectivity index (χ4n) is 5.78. The maximum atomic E-state index is 13.8. The molecule has 0 radical (unpaired) electrons. The Hall–Kier alpha value is -3.68. The highest BCUT2D eigenvalue weighted by Gasteiger charge is 2.44. The highest BCUT2D eigenvalue weighted by molar-refractivity contribution is 7.89. The molecule has 5 rings (SSSR count). The smallest absolute Gasteiger partial charge is 0.407 e. The molecule has 11 nitrogen and oxygen atoms in total. The quantitative estimate of drug-likeness (QED) is 0.242. The lowest BCUT2D eigenvalue weighted by atomic mass is 10.0. The second-order valence-electron chi connectivity index (χ2n) is 12.3. The minimum Gasteiger partial charge on any atom is -0.497 e. The summed E-state index contributed by atoms with van der Waals surface area (Å²) in [5.74, 6) is 1.12. The predicted octanol–water partition coefficient (Wildman–Crippen LogP) is 4.38. The normalized spacial score (nSPS) is 20.5. The molecule has 12 heteroatoms. The van der Waals surface area contributed by atoms with Crippen LogP contribution in [0.1, 0.15) is 31.4 Å². The number of hydrogen-bond acceptors (Lipinski definition) is 9. The minimum atomic E-state index is -3.99. The summed E-state index contributed by atoms with van der Waals surface area (Å²) in [6.07, 6.45) is -1.92. The Labute approximate surface area is 276 Å². The first kappa shape index (κ1) is 34.6. The number of nitrogens with one attached hydrogen (secondary N) is 1. The van der Waals surface area contributed by atoms with Crippen LogP contribution in [0.15, 0.2) is 83.8 Å². The number of nitrogens with zero attached hydrogens (tertiary/aromatic N) is 1. The van der Waals surface area contributed by atoms with Crippen molar-refractivity contribution < 1.29 is 42.0 Å². The number of methoxy groups -OCH3 is 1. The standard InChI is InChI=1S/C35H44N2O9S/c1-24(2)20-37(47(40,41)29-15-13-27(42-3)14-16-29)21-32(38)31(36-35(39)46-33-23-45-34-30(33)17-18-43-34)19-25-9-11-28(12-10-25)44-22-26-7-5-4-6-8-26/h4-16,24,30-34,38H,17-23H2,1-3H3,(H,36,39)/t30-,31?,32+,33-,34+/m0/s1.